The van der Waals surface area contributed by atoms with Crippen molar-refractivity contribution in [3.05, 3.63) is 70.2 Å². The lowest BCUT2D eigenvalue weighted by atomic mass is 9.97. The van der Waals surface area contributed by atoms with E-state index < -0.39 is 0 Å². The molecule has 0 unspecified atom stereocenters. The summed E-state index contributed by atoms with van der Waals surface area (Å²) >= 11 is 1.51. The number of hydrogen-bond acceptors (Lipinski definition) is 5. The largest absolute Gasteiger partial charge is 0.350 e. The maximum Gasteiger partial charge on any atom is 0.298 e. The highest BCUT2D eigenvalue weighted by Gasteiger charge is 2.25. The molecule has 7 nitrogen and oxygen atoms in total. The molecule has 0 radical (unpaired) electrons. The quantitative estimate of drug-likeness (QED) is 0.605. The molecular weight excluding hydrogens is 410 g/mol. The smallest absolute Gasteiger partial charge is 0.298 e. The average Bonchev–Trinajstić information content (AvgIpc) is 3.51. The number of likely N-dealkylation sites (tertiary alicyclic amines) is 1. The molecule has 31 heavy (non-hydrogen) atoms. The van der Waals surface area contributed by atoms with Crippen LogP contribution in [0.15, 0.2) is 48.2 Å². The minimum atomic E-state index is -0.161. The third kappa shape index (κ3) is 5.58. The van der Waals surface area contributed by atoms with Crippen molar-refractivity contribution < 1.29 is 9.59 Å². The zero-order valence-corrected chi connectivity index (χ0v) is 17.8. The Morgan fingerprint density at radius 2 is 2.03 bits per heavy atom. The van der Waals surface area contributed by atoms with E-state index in [0.717, 1.165) is 29.1 Å². The van der Waals surface area contributed by atoms with Crippen LogP contribution in [-0.2, 0) is 11.2 Å². The lowest BCUT2D eigenvalue weighted by Crippen LogP contribution is -2.37. The number of carbonyl (C=O) groups excluding carboxylic acids is 2. The molecule has 2 aromatic heterocycles. The Bertz CT molecular complexity index is 1070. The number of nitrogens with zero attached hydrogens (tertiary/aromatic N) is 3. The first kappa shape index (κ1) is 20.8. The van der Waals surface area contributed by atoms with E-state index in [4.69, 9.17) is 0 Å². The summed E-state index contributed by atoms with van der Waals surface area (Å²) in [5.41, 5.74) is 2.27. The van der Waals surface area contributed by atoms with Crippen molar-refractivity contribution >= 4 is 23.2 Å². The molecule has 3 heterocycles. The monoisotopic (exact) mass is 433 g/mol. The fraction of sp³-hybridized carbons (Fsp3) is 0.304. The predicted molar refractivity (Wildman–Crippen MR) is 119 cm³/mol. The van der Waals surface area contributed by atoms with E-state index in [1.807, 2.05) is 35.7 Å². The van der Waals surface area contributed by atoms with Gasteiger partial charge in [0.2, 0.25) is 0 Å². The summed E-state index contributed by atoms with van der Waals surface area (Å²) in [5.74, 6) is 5.63. The van der Waals surface area contributed by atoms with E-state index in [0.29, 0.717) is 31.7 Å². The lowest BCUT2D eigenvalue weighted by molar-refractivity contribution is -0.126. The lowest BCUT2D eigenvalue weighted by Gasteiger charge is -2.29. The second kappa shape index (κ2) is 10.0. The summed E-state index contributed by atoms with van der Waals surface area (Å²) in [7, 11) is 0. The van der Waals surface area contributed by atoms with Crippen LogP contribution in [0, 0.1) is 11.8 Å². The molecule has 1 saturated heterocycles. The molecule has 3 aromatic rings. The summed E-state index contributed by atoms with van der Waals surface area (Å²) < 4.78 is 0. The first-order valence-corrected chi connectivity index (χ1v) is 11.1. The maximum absolute atomic E-state index is 12.4. The molecule has 2 N–H and O–H groups in total. The van der Waals surface area contributed by atoms with Gasteiger partial charge in [0, 0.05) is 60.7 Å². The minimum absolute atomic E-state index is 0.140. The number of aromatic amines is 1. The standard InChI is InChI=1S/C23H23N5O2S/c29-21(7-6-17-4-2-1-3-5-17)28-12-9-18(10-13-28)23-27-20(15-31-23)22(30)25-11-8-19-14-24-16-26-19/h1-5,14-16,18H,8-13H2,(H,24,26)(H,25,30). The topological polar surface area (TPSA) is 91.0 Å². The van der Waals surface area contributed by atoms with E-state index >= 15 is 0 Å². The molecular formula is C23H23N5O2S. The molecule has 0 aliphatic carbocycles. The van der Waals surface area contributed by atoms with Gasteiger partial charge < -0.3 is 15.2 Å². The summed E-state index contributed by atoms with van der Waals surface area (Å²) in [4.78, 5) is 38.0. The number of thiazole rings is 1. The van der Waals surface area contributed by atoms with Gasteiger partial charge >= 0.3 is 0 Å². The van der Waals surface area contributed by atoms with E-state index in [1.165, 1.54) is 11.3 Å². The maximum atomic E-state index is 12.4. The van der Waals surface area contributed by atoms with Gasteiger partial charge in [-0.15, -0.1) is 11.3 Å². The van der Waals surface area contributed by atoms with Gasteiger partial charge in [-0.25, -0.2) is 9.97 Å². The predicted octanol–water partition coefficient (Wildman–Crippen LogP) is 2.60. The summed E-state index contributed by atoms with van der Waals surface area (Å²) in [5, 5.41) is 5.66. The fourth-order valence-corrected chi connectivity index (χ4v) is 4.43. The van der Waals surface area contributed by atoms with Gasteiger partial charge in [0.15, 0.2) is 0 Å². The molecule has 0 bridgehead atoms. The molecule has 0 saturated carbocycles. The van der Waals surface area contributed by atoms with Crippen LogP contribution in [0.1, 0.15) is 45.5 Å². The Labute approximate surface area is 184 Å². The SMILES string of the molecule is O=C(NCCc1cnc[nH]1)c1csc(C2CCN(C(=O)C#Cc3ccccc3)CC2)n1. The number of rotatable bonds is 5. The van der Waals surface area contributed by atoms with Crippen LogP contribution in [0.3, 0.4) is 0 Å². The van der Waals surface area contributed by atoms with Crippen molar-refractivity contribution in [2.75, 3.05) is 19.6 Å². The normalized spacial score (nSPS) is 14.0. The highest BCUT2D eigenvalue weighted by Crippen LogP contribution is 2.30. The van der Waals surface area contributed by atoms with Crippen LogP contribution in [0.2, 0.25) is 0 Å². The molecule has 2 amide bonds. The number of piperidine rings is 1. The van der Waals surface area contributed by atoms with Gasteiger partial charge in [0.1, 0.15) is 5.69 Å². The number of benzene rings is 1. The van der Waals surface area contributed by atoms with Crippen molar-refractivity contribution in [2.24, 2.45) is 0 Å². The number of aromatic nitrogens is 3. The van der Waals surface area contributed by atoms with Crippen molar-refractivity contribution in [1.82, 2.24) is 25.2 Å². The Morgan fingerprint density at radius 1 is 1.23 bits per heavy atom. The first-order chi connectivity index (χ1) is 15.2. The van der Waals surface area contributed by atoms with Gasteiger partial charge in [-0.3, -0.25) is 9.59 Å². The van der Waals surface area contributed by atoms with E-state index in [1.54, 1.807) is 17.4 Å². The number of hydrogen-bond donors (Lipinski definition) is 2. The highest BCUT2D eigenvalue weighted by molar-refractivity contribution is 7.09. The molecule has 1 aromatic carbocycles. The molecule has 158 valence electrons. The third-order valence-corrected chi connectivity index (χ3v) is 6.22. The number of carbonyl (C=O) groups is 2. The van der Waals surface area contributed by atoms with Gasteiger partial charge in [-0.05, 0) is 25.0 Å². The van der Waals surface area contributed by atoms with Crippen LogP contribution >= 0.6 is 11.3 Å². The Kier molecular flexibility index (Phi) is 6.75. The Hall–Kier alpha value is -3.44. The van der Waals surface area contributed by atoms with E-state index in [-0.39, 0.29) is 17.7 Å². The number of H-pyrrole nitrogens is 1. The van der Waals surface area contributed by atoms with Gasteiger partial charge in [0.25, 0.3) is 11.8 Å². The number of amides is 2. The summed E-state index contributed by atoms with van der Waals surface area (Å²) in [6, 6.07) is 9.51. The van der Waals surface area contributed by atoms with E-state index in [9.17, 15) is 9.59 Å². The number of nitrogens with one attached hydrogen (secondary N) is 2. The van der Waals surface area contributed by atoms with Crippen LogP contribution in [-0.4, -0.2) is 51.3 Å². The van der Waals surface area contributed by atoms with Crippen molar-refractivity contribution in [3.8, 4) is 11.8 Å². The van der Waals surface area contributed by atoms with Crippen LogP contribution < -0.4 is 5.32 Å². The second-order valence-electron chi connectivity index (χ2n) is 7.34. The van der Waals surface area contributed by atoms with Crippen LogP contribution in [0.5, 0.6) is 0 Å². The van der Waals surface area contributed by atoms with Gasteiger partial charge in [-0.1, -0.05) is 24.1 Å². The van der Waals surface area contributed by atoms with Crippen molar-refractivity contribution in [3.63, 3.8) is 0 Å². The van der Waals surface area contributed by atoms with Gasteiger partial charge in [0.05, 0.1) is 11.3 Å². The van der Waals surface area contributed by atoms with Crippen LogP contribution in [0.25, 0.3) is 0 Å². The molecule has 1 fully saturated rings. The average molecular weight is 434 g/mol. The molecule has 8 heteroatoms. The minimum Gasteiger partial charge on any atom is -0.350 e. The van der Waals surface area contributed by atoms with Crippen LogP contribution in [0.4, 0.5) is 0 Å². The van der Waals surface area contributed by atoms with Gasteiger partial charge in [-0.2, -0.15) is 0 Å². The molecule has 1 aliphatic rings. The molecule has 0 spiro atoms. The third-order valence-electron chi connectivity index (χ3n) is 5.21. The first-order valence-electron chi connectivity index (χ1n) is 10.3. The van der Waals surface area contributed by atoms with Crippen molar-refractivity contribution in [1.29, 1.82) is 0 Å². The summed E-state index contributed by atoms with van der Waals surface area (Å²) in [6.45, 7) is 1.83. The fourth-order valence-electron chi connectivity index (χ4n) is 3.46. The summed E-state index contributed by atoms with van der Waals surface area (Å²) in [6.07, 6.45) is 5.72. The van der Waals surface area contributed by atoms with E-state index in [2.05, 4.69) is 32.1 Å². The Morgan fingerprint density at radius 3 is 2.77 bits per heavy atom. The zero-order valence-electron chi connectivity index (χ0n) is 17.0. The highest BCUT2D eigenvalue weighted by atomic mass is 32.1. The number of imidazole rings is 1. The molecule has 0 atom stereocenters. The zero-order chi connectivity index (χ0) is 21.5. The molecule has 4 rings (SSSR count). The second-order valence-corrected chi connectivity index (χ2v) is 8.23. The Balaban J connectivity index is 1.25. The van der Waals surface area contributed by atoms with Crippen molar-refractivity contribution in [2.45, 2.75) is 25.2 Å². The molecule has 1 aliphatic heterocycles.